The molecule has 0 atom stereocenters. The number of anilines is 1. The largest absolute Gasteiger partial charge is 0.493 e. The predicted molar refractivity (Wildman–Crippen MR) is 104 cm³/mol. The second-order valence-electron chi connectivity index (χ2n) is 5.41. The molecule has 0 saturated carbocycles. The Morgan fingerprint density at radius 2 is 1.93 bits per heavy atom. The highest BCUT2D eigenvalue weighted by Crippen LogP contribution is 2.29. The van der Waals surface area contributed by atoms with Crippen LogP contribution in [0, 0.1) is 0 Å². The fourth-order valence-corrected chi connectivity index (χ4v) is 2.93. The maximum atomic E-state index is 12.2. The lowest BCUT2D eigenvalue weighted by Crippen LogP contribution is -2.14. The second-order valence-corrected chi connectivity index (χ2v) is 6.40. The van der Waals surface area contributed by atoms with Gasteiger partial charge in [-0.05, 0) is 36.4 Å². The van der Waals surface area contributed by atoms with Gasteiger partial charge in [-0.15, -0.1) is 10.2 Å². The third-order valence-corrected chi connectivity index (χ3v) is 4.54. The van der Waals surface area contributed by atoms with Crippen molar-refractivity contribution in [2.24, 2.45) is 0 Å². The van der Waals surface area contributed by atoms with Crippen molar-refractivity contribution in [3.8, 4) is 22.8 Å². The molecular weight excluding hydrogens is 364 g/mol. The molecule has 8 heteroatoms. The number of carbonyl (C=O) groups is 1. The van der Waals surface area contributed by atoms with Gasteiger partial charge in [-0.1, -0.05) is 11.8 Å². The van der Waals surface area contributed by atoms with Gasteiger partial charge in [0.25, 0.3) is 0 Å². The Kier molecular flexibility index (Phi) is 6.22. The Morgan fingerprint density at radius 1 is 1.07 bits per heavy atom. The molecule has 0 radical (unpaired) electrons. The maximum Gasteiger partial charge on any atom is 0.234 e. The molecular formula is C19H18N4O3S. The molecule has 2 aromatic heterocycles. The molecule has 1 amide bonds. The normalized spacial score (nSPS) is 10.3. The number of methoxy groups -OCH3 is 2. The van der Waals surface area contributed by atoms with Crippen molar-refractivity contribution in [1.82, 2.24) is 15.2 Å². The number of nitrogens with one attached hydrogen (secondary N) is 1. The van der Waals surface area contributed by atoms with Crippen LogP contribution in [0.3, 0.4) is 0 Å². The molecule has 0 aliphatic rings. The Labute approximate surface area is 161 Å². The summed E-state index contributed by atoms with van der Waals surface area (Å²) < 4.78 is 10.4. The summed E-state index contributed by atoms with van der Waals surface area (Å²) in [5.41, 5.74) is 2.27. The van der Waals surface area contributed by atoms with Crippen molar-refractivity contribution < 1.29 is 14.3 Å². The average Bonchev–Trinajstić information content (AvgIpc) is 2.73. The van der Waals surface area contributed by atoms with Gasteiger partial charge in [0, 0.05) is 29.7 Å². The molecule has 0 fully saturated rings. The van der Waals surface area contributed by atoms with Crippen LogP contribution in [-0.2, 0) is 4.79 Å². The lowest BCUT2D eigenvalue weighted by atomic mass is 10.2. The van der Waals surface area contributed by atoms with Crippen LogP contribution >= 0.6 is 11.8 Å². The van der Waals surface area contributed by atoms with Crippen LogP contribution in [0.2, 0.25) is 0 Å². The van der Waals surface area contributed by atoms with Crippen LogP contribution in [-0.4, -0.2) is 41.1 Å². The minimum atomic E-state index is -0.148. The van der Waals surface area contributed by atoms with Gasteiger partial charge in [-0.25, -0.2) is 0 Å². The Morgan fingerprint density at radius 3 is 2.59 bits per heavy atom. The molecule has 0 aliphatic carbocycles. The van der Waals surface area contributed by atoms with Gasteiger partial charge in [-0.3, -0.25) is 9.78 Å². The molecule has 3 aromatic rings. The summed E-state index contributed by atoms with van der Waals surface area (Å²) in [5, 5.41) is 11.8. The number of nitrogens with zero attached hydrogens (tertiary/aromatic N) is 3. The van der Waals surface area contributed by atoms with Gasteiger partial charge in [0.1, 0.15) is 5.03 Å². The van der Waals surface area contributed by atoms with E-state index in [0.717, 1.165) is 11.3 Å². The van der Waals surface area contributed by atoms with Crippen LogP contribution in [0.25, 0.3) is 11.3 Å². The molecule has 7 nitrogen and oxygen atoms in total. The molecule has 0 spiro atoms. The van der Waals surface area contributed by atoms with E-state index in [9.17, 15) is 4.79 Å². The van der Waals surface area contributed by atoms with E-state index in [1.807, 2.05) is 24.3 Å². The first-order valence-corrected chi connectivity index (χ1v) is 9.07. The number of hydrogen-bond acceptors (Lipinski definition) is 7. The Bertz CT molecular complexity index is 905. The van der Waals surface area contributed by atoms with E-state index >= 15 is 0 Å². The highest BCUT2D eigenvalue weighted by Gasteiger charge is 2.09. The highest BCUT2D eigenvalue weighted by molar-refractivity contribution is 7.99. The molecule has 1 aromatic carbocycles. The molecule has 0 aliphatic heterocycles. The molecule has 3 rings (SSSR count). The average molecular weight is 382 g/mol. The smallest absolute Gasteiger partial charge is 0.234 e. The summed E-state index contributed by atoms with van der Waals surface area (Å²) in [6.45, 7) is 0. The molecule has 138 valence electrons. The monoisotopic (exact) mass is 382 g/mol. The lowest BCUT2D eigenvalue weighted by Gasteiger charge is -2.10. The lowest BCUT2D eigenvalue weighted by molar-refractivity contribution is -0.113. The minimum absolute atomic E-state index is 0.148. The first kappa shape index (κ1) is 18.7. The number of ether oxygens (including phenoxy) is 2. The quantitative estimate of drug-likeness (QED) is 0.628. The van der Waals surface area contributed by atoms with Gasteiger partial charge in [-0.2, -0.15) is 0 Å². The fraction of sp³-hybridized carbons (Fsp3) is 0.158. The molecule has 0 saturated heterocycles. The predicted octanol–water partition coefficient (Wildman–Crippen LogP) is 3.29. The van der Waals surface area contributed by atoms with Gasteiger partial charge in [0.15, 0.2) is 11.5 Å². The van der Waals surface area contributed by atoms with Crippen molar-refractivity contribution in [3.05, 3.63) is 54.9 Å². The van der Waals surface area contributed by atoms with E-state index in [2.05, 4.69) is 20.5 Å². The maximum absolute atomic E-state index is 12.2. The van der Waals surface area contributed by atoms with Crippen LogP contribution < -0.4 is 14.8 Å². The zero-order valence-electron chi connectivity index (χ0n) is 14.9. The molecule has 27 heavy (non-hydrogen) atoms. The van der Waals surface area contributed by atoms with E-state index in [-0.39, 0.29) is 11.7 Å². The molecule has 0 unspecified atom stereocenters. The van der Waals surface area contributed by atoms with E-state index in [1.165, 1.54) is 11.8 Å². The van der Waals surface area contributed by atoms with Gasteiger partial charge < -0.3 is 14.8 Å². The van der Waals surface area contributed by atoms with Gasteiger partial charge >= 0.3 is 0 Å². The van der Waals surface area contributed by atoms with Crippen LogP contribution in [0.4, 0.5) is 5.69 Å². The third kappa shape index (κ3) is 4.95. The Hall–Kier alpha value is -3.13. The SMILES string of the molecule is COc1ccc(NC(=O)CSc2ccc(-c3cccnc3)nn2)cc1OC. The first-order valence-electron chi connectivity index (χ1n) is 8.08. The standard InChI is InChI=1S/C19H18N4O3S/c1-25-16-7-5-14(10-17(16)26-2)21-18(24)12-27-19-8-6-15(22-23-19)13-4-3-9-20-11-13/h3-11H,12H2,1-2H3,(H,21,24). The molecule has 2 heterocycles. The van der Waals surface area contributed by atoms with Crippen molar-refractivity contribution in [3.63, 3.8) is 0 Å². The van der Waals surface area contributed by atoms with Crippen molar-refractivity contribution in [2.45, 2.75) is 5.03 Å². The van der Waals surface area contributed by atoms with E-state index in [1.54, 1.807) is 44.8 Å². The summed E-state index contributed by atoms with van der Waals surface area (Å²) in [5.74, 6) is 1.23. The van der Waals surface area contributed by atoms with Crippen molar-refractivity contribution >= 4 is 23.4 Å². The highest BCUT2D eigenvalue weighted by atomic mass is 32.2. The zero-order valence-corrected chi connectivity index (χ0v) is 15.7. The molecule has 0 bridgehead atoms. The first-order chi connectivity index (χ1) is 13.2. The number of benzene rings is 1. The fourth-order valence-electron chi connectivity index (χ4n) is 2.32. The van der Waals surface area contributed by atoms with Crippen LogP contribution in [0.1, 0.15) is 0 Å². The number of pyridine rings is 1. The van der Waals surface area contributed by atoms with E-state index in [0.29, 0.717) is 22.2 Å². The van der Waals surface area contributed by atoms with Crippen molar-refractivity contribution in [2.75, 3.05) is 25.3 Å². The van der Waals surface area contributed by atoms with Crippen LogP contribution in [0.5, 0.6) is 11.5 Å². The summed E-state index contributed by atoms with van der Waals surface area (Å²) in [6, 6.07) is 12.7. The molecule has 1 N–H and O–H groups in total. The number of rotatable bonds is 7. The zero-order chi connectivity index (χ0) is 19.1. The summed E-state index contributed by atoms with van der Waals surface area (Å²) in [7, 11) is 3.11. The van der Waals surface area contributed by atoms with Crippen molar-refractivity contribution in [1.29, 1.82) is 0 Å². The Balaban J connectivity index is 1.56. The van der Waals surface area contributed by atoms with Gasteiger partial charge in [0.05, 0.1) is 25.7 Å². The second kappa shape index (κ2) is 9.00. The minimum Gasteiger partial charge on any atom is -0.493 e. The summed E-state index contributed by atoms with van der Waals surface area (Å²) in [4.78, 5) is 16.2. The number of aromatic nitrogens is 3. The number of thioether (sulfide) groups is 1. The summed E-state index contributed by atoms with van der Waals surface area (Å²) in [6.07, 6.45) is 3.44. The number of hydrogen-bond donors (Lipinski definition) is 1. The van der Waals surface area contributed by atoms with E-state index in [4.69, 9.17) is 9.47 Å². The van der Waals surface area contributed by atoms with Crippen LogP contribution in [0.15, 0.2) is 59.9 Å². The van der Waals surface area contributed by atoms with E-state index < -0.39 is 0 Å². The van der Waals surface area contributed by atoms with Gasteiger partial charge in [0.2, 0.25) is 5.91 Å². The third-order valence-electron chi connectivity index (χ3n) is 3.62. The number of amides is 1. The topological polar surface area (TPSA) is 86.2 Å². The number of carbonyl (C=O) groups excluding carboxylic acids is 1. The summed E-state index contributed by atoms with van der Waals surface area (Å²) >= 11 is 1.31.